The Morgan fingerprint density at radius 2 is 2.11 bits per heavy atom. The summed E-state index contributed by atoms with van der Waals surface area (Å²) in [7, 11) is 6.31. The minimum absolute atomic E-state index is 0.387. The zero-order valence-corrected chi connectivity index (χ0v) is 18.5. The molecule has 0 amide bonds. The van der Waals surface area contributed by atoms with Crippen LogP contribution in [0.25, 0.3) is 0 Å². The number of piperidine rings is 1. The van der Waals surface area contributed by atoms with Crippen molar-refractivity contribution in [3.63, 3.8) is 0 Å². The van der Waals surface area contributed by atoms with Crippen LogP contribution in [-0.2, 0) is 0 Å². The lowest BCUT2D eigenvalue weighted by molar-refractivity contribution is 0.122. The molecule has 5 nitrogen and oxygen atoms in total. The standard InChI is InChI=1S/C22H36ClN5/c1-16(28(4)20-10-11-20)14-25-22(24-2)26-15-18-8-6-12-27(3)21(18)17-7-5-9-19(23)13-17/h5,7,9,13,16,18,20-21H,6,8,10-12,14-15H2,1-4H3,(H2,24,25,26). The molecule has 0 radical (unpaired) electrons. The van der Waals surface area contributed by atoms with Gasteiger partial charge in [0, 0.05) is 43.3 Å². The predicted octanol–water partition coefficient (Wildman–Crippen LogP) is 3.37. The summed E-state index contributed by atoms with van der Waals surface area (Å²) in [5, 5.41) is 7.90. The van der Waals surface area contributed by atoms with E-state index in [0.29, 0.717) is 18.0 Å². The van der Waals surface area contributed by atoms with E-state index < -0.39 is 0 Å². The molecule has 3 unspecified atom stereocenters. The van der Waals surface area contributed by atoms with Crippen molar-refractivity contribution in [2.75, 3.05) is 40.8 Å². The lowest BCUT2D eigenvalue weighted by atomic mass is 9.85. The number of likely N-dealkylation sites (N-methyl/N-ethyl adjacent to an activating group) is 1. The van der Waals surface area contributed by atoms with Crippen molar-refractivity contribution in [1.82, 2.24) is 20.4 Å². The van der Waals surface area contributed by atoms with E-state index in [1.165, 1.54) is 31.2 Å². The molecule has 2 aliphatic rings. The molecule has 2 N–H and O–H groups in total. The Labute approximate surface area is 175 Å². The quantitative estimate of drug-likeness (QED) is 0.539. The lowest BCUT2D eigenvalue weighted by Gasteiger charge is -2.40. The molecule has 1 saturated carbocycles. The Hall–Kier alpha value is -1.30. The number of nitrogens with one attached hydrogen (secondary N) is 2. The highest BCUT2D eigenvalue weighted by Crippen LogP contribution is 2.35. The molecule has 28 heavy (non-hydrogen) atoms. The topological polar surface area (TPSA) is 42.9 Å². The fourth-order valence-corrected chi connectivity index (χ4v) is 4.57. The highest BCUT2D eigenvalue weighted by atomic mass is 35.5. The van der Waals surface area contributed by atoms with Gasteiger partial charge in [0.2, 0.25) is 0 Å². The van der Waals surface area contributed by atoms with Crippen LogP contribution in [0.1, 0.15) is 44.2 Å². The molecule has 3 atom stereocenters. The maximum Gasteiger partial charge on any atom is 0.191 e. The van der Waals surface area contributed by atoms with Crippen molar-refractivity contribution in [3.05, 3.63) is 34.9 Å². The maximum absolute atomic E-state index is 6.27. The zero-order valence-electron chi connectivity index (χ0n) is 17.8. The van der Waals surface area contributed by atoms with Gasteiger partial charge in [-0.1, -0.05) is 23.7 Å². The van der Waals surface area contributed by atoms with Gasteiger partial charge in [0.15, 0.2) is 5.96 Å². The normalized spacial score (nSPS) is 25.0. The number of guanidine groups is 1. The van der Waals surface area contributed by atoms with Gasteiger partial charge in [0.1, 0.15) is 0 Å². The van der Waals surface area contributed by atoms with Crippen LogP contribution in [0.3, 0.4) is 0 Å². The number of likely N-dealkylation sites (tertiary alicyclic amines) is 1. The Morgan fingerprint density at radius 1 is 1.32 bits per heavy atom. The van der Waals surface area contributed by atoms with E-state index in [0.717, 1.165) is 36.7 Å². The van der Waals surface area contributed by atoms with Crippen LogP contribution in [0.4, 0.5) is 0 Å². The summed E-state index contributed by atoms with van der Waals surface area (Å²) in [5.41, 5.74) is 1.31. The summed E-state index contributed by atoms with van der Waals surface area (Å²) < 4.78 is 0. The van der Waals surface area contributed by atoms with Crippen LogP contribution in [0.2, 0.25) is 5.02 Å². The first-order valence-corrected chi connectivity index (χ1v) is 11.0. The van der Waals surface area contributed by atoms with Crippen molar-refractivity contribution in [3.8, 4) is 0 Å². The molecule has 2 fully saturated rings. The van der Waals surface area contributed by atoms with Crippen LogP contribution in [-0.4, -0.2) is 68.6 Å². The molecule has 0 spiro atoms. The third kappa shape index (κ3) is 5.62. The van der Waals surface area contributed by atoms with Gasteiger partial charge in [-0.2, -0.15) is 0 Å². The first-order chi connectivity index (χ1) is 13.5. The maximum atomic E-state index is 6.27. The van der Waals surface area contributed by atoms with E-state index in [2.05, 4.69) is 64.6 Å². The highest BCUT2D eigenvalue weighted by Gasteiger charge is 2.31. The van der Waals surface area contributed by atoms with Crippen molar-refractivity contribution >= 4 is 17.6 Å². The van der Waals surface area contributed by atoms with Crippen LogP contribution in [0, 0.1) is 5.92 Å². The summed E-state index contributed by atoms with van der Waals surface area (Å²) in [6.07, 6.45) is 5.13. The van der Waals surface area contributed by atoms with Crippen molar-refractivity contribution in [2.45, 2.75) is 50.7 Å². The molecule has 6 heteroatoms. The summed E-state index contributed by atoms with van der Waals surface area (Å²) in [6.45, 7) is 5.23. The largest absolute Gasteiger partial charge is 0.356 e. The summed E-state index contributed by atoms with van der Waals surface area (Å²) in [4.78, 5) is 9.38. The number of nitrogens with zero attached hydrogens (tertiary/aromatic N) is 3. The smallest absolute Gasteiger partial charge is 0.191 e. The van der Waals surface area contributed by atoms with E-state index in [9.17, 15) is 0 Å². The summed E-state index contributed by atoms with van der Waals surface area (Å²) >= 11 is 6.27. The van der Waals surface area contributed by atoms with Crippen molar-refractivity contribution in [1.29, 1.82) is 0 Å². The van der Waals surface area contributed by atoms with E-state index >= 15 is 0 Å². The molecule has 3 rings (SSSR count). The van der Waals surface area contributed by atoms with Crippen molar-refractivity contribution < 1.29 is 0 Å². The first-order valence-electron chi connectivity index (χ1n) is 10.6. The molecule has 1 aliphatic carbocycles. The minimum atomic E-state index is 0.387. The summed E-state index contributed by atoms with van der Waals surface area (Å²) in [6, 6.07) is 10.00. The highest BCUT2D eigenvalue weighted by molar-refractivity contribution is 6.30. The van der Waals surface area contributed by atoms with Crippen LogP contribution in [0.15, 0.2) is 29.3 Å². The number of halogens is 1. The molecule has 1 heterocycles. The monoisotopic (exact) mass is 405 g/mol. The Morgan fingerprint density at radius 3 is 2.79 bits per heavy atom. The molecule has 156 valence electrons. The Bertz CT molecular complexity index is 660. The number of hydrogen-bond acceptors (Lipinski definition) is 3. The van der Waals surface area contributed by atoms with Gasteiger partial charge in [0.05, 0.1) is 0 Å². The lowest BCUT2D eigenvalue weighted by Crippen LogP contribution is -2.48. The Balaban J connectivity index is 1.55. The molecular formula is C22H36ClN5. The average molecular weight is 406 g/mol. The minimum Gasteiger partial charge on any atom is -0.356 e. The molecule has 1 saturated heterocycles. The molecule has 1 aliphatic heterocycles. The van der Waals surface area contributed by atoms with Gasteiger partial charge in [-0.15, -0.1) is 0 Å². The fourth-order valence-electron chi connectivity index (χ4n) is 4.37. The van der Waals surface area contributed by atoms with Crippen LogP contribution in [0.5, 0.6) is 0 Å². The third-order valence-electron chi connectivity index (χ3n) is 6.34. The number of aliphatic imine (C=N–C) groups is 1. The third-order valence-corrected chi connectivity index (χ3v) is 6.57. The second kappa shape index (κ2) is 9.95. The van der Waals surface area contributed by atoms with Gasteiger partial charge >= 0.3 is 0 Å². The first kappa shape index (κ1) is 21.4. The van der Waals surface area contributed by atoms with Gasteiger partial charge in [0.25, 0.3) is 0 Å². The van der Waals surface area contributed by atoms with E-state index in [-0.39, 0.29) is 0 Å². The number of hydrogen-bond donors (Lipinski definition) is 2. The second-order valence-electron chi connectivity index (χ2n) is 8.46. The Kier molecular flexibility index (Phi) is 7.61. The predicted molar refractivity (Wildman–Crippen MR) is 119 cm³/mol. The zero-order chi connectivity index (χ0) is 20.1. The van der Waals surface area contributed by atoms with Gasteiger partial charge in [-0.25, -0.2) is 0 Å². The van der Waals surface area contributed by atoms with E-state index in [4.69, 9.17) is 11.6 Å². The van der Waals surface area contributed by atoms with Crippen LogP contribution < -0.4 is 10.6 Å². The van der Waals surface area contributed by atoms with Crippen molar-refractivity contribution in [2.24, 2.45) is 10.9 Å². The van der Waals surface area contributed by atoms with Crippen LogP contribution >= 0.6 is 11.6 Å². The average Bonchev–Trinajstić information content (AvgIpc) is 3.52. The molecular weight excluding hydrogens is 370 g/mol. The SMILES string of the molecule is CN=C(NCC1CCCN(C)C1c1cccc(Cl)c1)NCC(C)N(C)C1CC1. The summed E-state index contributed by atoms with van der Waals surface area (Å²) in [5.74, 6) is 1.43. The molecule has 0 aromatic heterocycles. The number of rotatable bonds is 7. The molecule has 1 aromatic rings. The number of benzene rings is 1. The van der Waals surface area contributed by atoms with Gasteiger partial charge in [-0.05, 0) is 76.9 Å². The second-order valence-corrected chi connectivity index (χ2v) is 8.90. The van der Waals surface area contributed by atoms with E-state index in [1.807, 2.05) is 13.1 Å². The van der Waals surface area contributed by atoms with Gasteiger partial charge < -0.3 is 10.6 Å². The molecule has 1 aromatic carbocycles. The fraction of sp³-hybridized carbons (Fsp3) is 0.682. The molecule has 0 bridgehead atoms. The van der Waals surface area contributed by atoms with Gasteiger partial charge in [-0.3, -0.25) is 14.8 Å². The van der Waals surface area contributed by atoms with E-state index in [1.54, 1.807) is 0 Å².